The first kappa shape index (κ1) is 13.6. The van der Waals surface area contributed by atoms with Gasteiger partial charge in [-0.2, -0.15) is 4.57 Å². The Bertz CT molecular complexity index is 767. The van der Waals surface area contributed by atoms with Gasteiger partial charge >= 0.3 is 5.97 Å². The van der Waals surface area contributed by atoms with Gasteiger partial charge in [0.1, 0.15) is 7.05 Å². The molecular formula is C18H18NO2+. The van der Waals surface area contributed by atoms with Gasteiger partial charge in [-0.3, -0.25) is 4.79 Å². The van der Waals surface area contributed by atoms with Crippen LogP contribution in [-0.2, 0) is 23.0 Å². The monoisotopic (exact) mass is 280 g/mol. The van der Waals surface area contributed by atoms with Crippen molar-refractivity contribution in [2.24, 2.45) is 7.05 Å². The highest BCUT2D eigenvalue weighted by atomic mass is 16.5. The van der Waals surface area contributed by atoms with Gasteiger partial charge in [0.2, 0.25) is 11.0 Å². The molecule has 0 saturated heterocycles. The maximum atomic E-state index is 11.5. The van der Waals surface area contributed by atoms with Crippen molar-refractivity contribution >= 4 is 27.8 Å². The summed E-state index contributed by atoms with van der Waals surface area (Å²) in [6, 6.07) is 16.6. The molecule has 1 heterocycles. The van der Waals surface area contributed by atoms with E-state index in [4.69, 9.17) is 4.74 Å². The summed E-state index contributed by atoms with van der Waals surface area (Å²) >= 11 is 0. The van der Waals surface area contributed by atoms with Crippen molar-refractivity contribution in [1.29, 1.82) is 0 Å². The highest BCUT2D eigenvalue weighted by Crippen LogP contribution is 2.25. The first-order chi connectivity index (χ1) is 10.2. The van der Waals surface area contributed by atoms with Gasteiger partial charge in [0.25, 0.3) is 0 Å². The summed E-state index contributed by atoms with van der Waals surface area (Å²) in [4.78, 5) is 11.5. The topological polar surface area (TPSA) is 30.2 Å². The highest BCUT2D eigenvalue weighted by Gasteiger charge is 2.17. The molecule has 2 aromatic carbocycles. The number of carbonyl (C=O) groups excluding carboxylic acids is 1. The third-order valence-electron chi connectivity index (χ3n) is 3.99. The molecule has 0 aliphatic heterocycles. The van der Waals surface area contributed by atoms with Crippen LogP contribution in [-0.4, -0.2) is 13.1 Å². The second-order valence-corrected chi connectivity index (χ2v) is 5.15. The smallest absolute Gasteiger partial charge is 0.305 e. The molecule has 0 amide bonds. The van der Waals surface area contributed by atoms with Crippen molar-refractivity contribution in [1.82, 2.24) is 0 Å². The number of aryl methyl sites for hydroxylation is 2. The minimum Gasteiger partial charge on any atom is -0.469 e. The second-order valence-electron chi connectivity index (χ2n) is 5.15. The third-order valence-corrected chi connectivity index (χ3v) is 3.99. The van der Waals surface area contributed by atoms with Crippen molar-refractivity contribution < 1.29 is 14.1 Å². The summed E-state index contributed by atoms with van der Waals surface area (Å²) in [5, 5.41) is 2.39. The normalized spacial score (nSPS) is 11.0. The van der Waals surface area contributed by atoms with E-state index in [1.807, 2.05) is 24.3 Å². The average molecular weight is 280 g/mol. The predicted octanol–water partition coefficient (Wildman–Crippen LogP) is 2.92. The Morgan fingerprint density at radius 3 is 2.05 bits per heavy atom. The van der Waals surface area contributed by atoms with Crippen LogP contribution in [0.3, 0.4) is 0 Å². The molecule has 0 aliphatic carbocycles. The zero-order valence-electron chi connectivity index (χ0n) is 12.3. The van der Waals surface area contributed by atoms with Crippen LogP contribution in [0.4, 0.5) is 0 Å². The van der Waals surface area contributed by atoms with E-state index in [2.05, 4.69) is 35.9 Å². The molecule has 1 aromatic heterocycles. The van der Waals surface area contributed by atoms with Crippen LogP contribution in [0.5, 0.6) is 0 Å². The maximum Gasteiger partial charge on any atom is 0.305 e. The van der Waals surface area contributed by atoms with Gasteiger partial charge < -0.3 is 4.74 Å². The number of pyridine rings is 1. The van der Waals surface area contributed by atoms with Gasteiger partial charge in [-0.05, 0) is 24.1 Å². The molecule has 0 saturated carbocycles. The minimum atomic E-state index is -0.170. The molecule has 106 valence electrons. The van der Waals surface area contributed by atoms with Crippen LogP contribution in [0.2, 0.25) is 0 Å². The van der Waals surface area contributed by atoms with Gasteiger partial charge in [0, 0.05) is 18.6 Å². The van der Waals surface area contributed by atoms with Crippen molar-refractivity contribution in [3.05, 3.63) is 54.1 Å². The van der Waals surface area contributed by atoms with E-state index in [0.717, 1.165) is 0 Å². The van der Waals surface area contributed by atoms with E-state index < -0.39 is 0 Å². The second kappa shape index (κ2) is 5.52. The molecule has 0 spiro atoms. The molecule has 3 heteroatoms. The standard InChI is InChI=1S/C18H18NO2/c1-19-16-9-5-3-7-14(16)13(11-12-18(20)21-2)15-8-4-6-10-17(15)19/h3-10H,11-12H2,1-2H3/q+1. The first-order valence-electron chi connectivity index (χ1n) is 7.07. The van der Waals surface area contributed by atoms with Crippen molar-refractivity contribution in [2.45, 2.75) is 12.8 Å². The average Bonchev–Trinajstić information content (AvgIpc) is 2.54. The highest BCUT2D eigenvalue weighted by molar-refractivity contribution is 5.94. The number of rotatable bonds is 3. The predicted molar refractivity (Wildman–Crippen MR) is 83.0 cm³/mol. The number of hydrogen-bond donors (Lipinski definition) is 0. The summed E-state index contributed by atoms with van der Waals surface area (Å²) in [6.45, 7) is 0. The van der Waals surface area contributed by atoms with Gasteiger partial charge in [0.15, 0.2) is 0 Å². The lowest BCUT2D eigenvalue weighted by Crippen LogP contribution is -2.30. The number of methoxy groups -OCH3 is 1. The molecule has 0 radical (unpaired) electrons. The zero-order chi connectivity index (χ0) is 14.8. The summed E-state index contributed by atoms with van der Waals surface area (Å²) in [5.74, 6) is -0.170. The molecule has 0 bridgehead atoms. The van der Waals surface area contributed by atoms with Crippen LogP contribution in [0.15, 0.2) is 48.5 Å². The molecule has 3 rings (SSSR count). The third kappa shape index (κ3) is 2.35. The molecule has 0 unspecified atom stereocenters. The summed E-state index contributed by atoms with van der Waals surface area (Å²) < 4.78 is 6.98. The van der Waals surface area contributed by atoms with E-state index in [9.17, 15) is 4.79 Å². The number of hydrogen-bond acceptors (Lipinski definition) is 2. The van der Waals surface area contributed by atoms with Gasteiger partial charge in [-0.1, -0.05) is 24.3 Å². The number of nitrogens with zero attached hydrogens (tertiary/aromatic N) is 1. The number of para-hydroxylation sites is 2. The van der Waals surface area contributed by atoms with Gasteiger partial charge in [-0.25, -0.2) is 0 Å². The number of fused-ring (bicyclic) bond motifs is 2. The fourth-order valence-corrected chi connectivity index (χ4v) is 2.92. The van der Waals surface area contributed by atoms with E-state index in [-0.39, 0.29) is 5.97 Å². The van der Waals surface area contributed by atoms with E-state index in [1.54, 1.807) is 0 Å². The van der Waals surface area contributed by atoms with Gasteiger partial charge in [-0.15, -0.1) is 0 Å². The quantitative estimate of drug-likeness (QED) is 0.419. The maximum absolute atomic E-state index is 11.5. The lowest BCUT2D eigenvalue weighted by atomic mass is 9.98. The van der Waals surface area contributed by atoms with Crippen molar-refractivity contribution in [3.8, 4) is 0 Å². The fraction of sp³-hybridized carbons (Fsp3) is 0.222. The zero-order valence-corrected chi connectivity index (χ0v) is 12.3. The van der Waals surface area contributed by atoms with Crippen LogP contribution in [0, 0.1) is 0 Å². The number of esters is 1. The van der Waals surface area contributed by atoms with Crippen LogP contribution >= 0.6 is 0 Å². The number of aromatic nitrogens is 1. The number of benzene rings is 2. The summed E-state index contributed by atoms with van der Waals surface area (Å²) in [6.07, 6.45) is 1.09. The Hall–Kier alpha value is -2.42. The van der Waals surface area contributed by atoms with Crippen LogP contribution in [0.25, 0.3) is 21.8 Å². The lowest BCUT2D eigenvalue weighted by molar-refractivity contribution is -0.617. The van der Waals surface area contributed by atoms with Crippen molar-refractivity contribution in [3.63, 3.8) is 0 Å². The fourth-order valence-electron chi connectivity index (χ4n) is 2.92. The minimum absolute atomic E-state index is 0.170. The molecule has 0 atom stereocenters. The largest absolute Gasteiger partial charge is 0.469 e. The van der Waals surface area contributed by atoms with E-state index in [0.29, 0.717) is 12.8 Å². The lowest BCUT2D eigenvalue weighted by Gasteiger charge is -2.09. The van der Waals surface area contributed by atoms with Crippen molar-refractivity contribution in [2.75, 3.05) is 7.11 Å². The van der Waals surface area contributed by atoms with Crippen LogP contribution in [0.1, 0.15) is 12.0 Å². The van der Waals surface area contributed by atoms with Crippen LogP contribution < -0.4 is 4.57 Å². The molecule has 21 heavy (non-hydrogen) atoms. The number of carbonyl (C=O) groups is 1. The summed E-state index contributed by atoms with van der Waals surface area (Å²) in [7, 11) is 3.51. The molecule has 3 aromatic rings. The Labute approximate surface area is 123 Å². The molecule has 3 nitrogen and oxygen atoms in total. The van der Waals surface area contributed by atoms with Gasteiger partial charge in [0.05, 0.1) is 17.9 Å². The molecule has 0 aliphatic rings. The Kier molecular flexibility index (Phi) is 3.57. The first-order valence-corrected chi connectivity index (χ1v) is 7.07. The Morgan fingerprint density at radius 1 is 1.00 bits per heavy atom. The molecule has 0 fully saturated rings. The van der Waals surface area contributed by atoms with E-state index in [1.165, 1.54) is 34.5 Å². The summed E-state index contributed by atoms with van der Waals surface area (Å²) in [5.41, 5.74) is 3.57. The molecular weight excluding hydrogens is 262 g/mol. The Balaban J connectivity index is 2.27. The van der Waals surface area contributed by atoms with E-state index >= 15 is 0 Å². The Morgan fingerprint density at radius 2 is 1.52 bits per heavy atom. The SMILES string of the molecule is COC(=O)CCc1c2ccccc2[n+](C)c2ccccc12. The molecule has 0 N–H and O–H groups in total. The number of ether oxygens (including phenoxy) is 1.